The van der Waals surface area contributed by atoms with Crippen LogP contribution in [0.4, 0.5) is 5.69 Å². The van der Waals surface area contributed by atoms with Crippen molar-refractivity contribution in [3.8, 4) is 0 Å². The van der Waals surface area contributed by atoms with E-state index in [1.165, 1.54) is 35.6 Å². The summed E-state index contributed by atoms with van der Waals surface area (Å²) in [4.78, 5) is 29.9. The molecule has 0 aliphatic rings. The van der Waals surface area contributed by atoms with Crippen LogP contribution < -0.4 is 9.52 Å². The minimum absolute atomic E-state index is 0.0931. The van der Waals surface area contributed by atoms with Gasteiger partial charge in [0.25, 0.3) is 15.9 Å². The number of rotatable bonds is 6. The molecule has 0 aliphatic carbocycles. The molecule has 10 heteroatoms. The summed E-state index contributed by atoms with van der Waals surface area (Å²) >= 11 is 1.24. The zero-order valence-corrected chi connectivity index (χ0v) is 20.9. The first kappa shape index (κ1) is 24.4. The number of nitrogens with one attached hydrogen (secondary N) is 1. The lowest BCUT2D eigenvalue weighted by Gasteiger charge is -2.11. The van der Waals surface area contributed by atoms with Gasteiger partial charge in [-0.2, -0.15) is 4.99 Å². The molecule has 1 amide bonds. The van der Waals surface area contributed by atoms with Crippen LogP contribution in [0.5, 0.6) is 0 Å². The summed E-state index contributed by atoms with van der Waals surface area (Å²) in [5.41, 5.74) is 2.39. The van der Waals surface area contributed by atoms with Gasteiger partial charge in [-0.25, -0.2) is 13.2 Å². The van der Waals surface area contributed by atoms with Gasteiger partial charge in [0.1, 0.15) is 0 Å². The van der Waals surface area contributed by atoms with Crippen molar-refractivity contribution in [1.82, 2.24) is 4.57 Å². The zero-order valence-electron chi connectivity index (χ0n) is 19.3. The number of ether oxygens (including phenoxy) is 1. The number of para-hydroxylation sites is 1. The molecule has 1 aromatic heterocycles. The summed E-state index contributed by atoms with van der Waals surface area (Å²) < 4.78 is 35.8. The molecule has 0 aliphatic heterocycles. The van der Waals surface area contributed by atoms with Crippen LogP contribution in [0.1, 0.15) is 33.2 Å². The van der Waals surface area contributed by atoms with E-state index in [0.29, 0.717) is 10.4 Å². The second-order valence-corrected chi connectivity index (χ2v) is 10.4. The number of anilines is 1. The Kier molecular flexibility index (Phi) is 6.86. The van der Waals surface area contributed by atoms with Crippen molar-refractivity contribution < 1.29 is 22.7 Å². The molecule has 0 saturated carbocycles. The second kappa shape index (κ2) is 9.85. The molecular formula is C25H23N3O5S2. The molecule has 0 atom stereocenters. The molecular weight excluding hydrogens is 486 g/mol. The van der Waals surface area contributed by atoms with Crippen molar-refractivity contribution in [2.45, 2.75) is 18.7 Å². The van der Waals surface area contributed by atoms with E-state index in [2.05, 4.69) is 9.71 Å². The van der Waals surface area contributed by atoms with E-state index in [1.54, 1.807) is 61.0 Å². The third kappa shape index (κ3) is 5.18. The summed E-state index contributed by atoms with van der Waals surface area (Å²) in [6.45, 7) is 3.88. The Hall–Kier alpha value is -3.76. The molecule has 4 aromatic rings. The zero-order chi connectivity index (χ0) is 25.2. The van der Waals surface area contributed by atoms with Crippen molar-refractivity contribution >= 4 is 49.1 Å². The lowest BCUT2D eigenvalue weighted by Crippen LogP contribution is -2.17. The van der Waals surface area contributed by atoms with Gasteiger partial charge in [-0.1, -0.05) is 41.2 Å². The van der Waals surface area contributed by atoms with E-state index < -0.39 is 21.9 Å². The van der Waals surface area contributed by atoms with Crippen molar-refractivity contribution in [3.05, 3.63) is 88.2 Å². The van der Waals surface area contributed by atoms with Gasteiger partial charge >= 0.3 is 5.97 Å². The number of aryl methyl sites for hydroxylation is 2. The smallest absolute Gasteiger partial charge is 0.338 e. The highest BCUT2D eigenvalue weighted by molar-refractivity contribution is 7.92. The van der Waals surface area contributed by atoms with Crippen LogP contribution in [-0.2, 0) is 21.8 Å². The Morgan fingerprint density at radius 1 is 1.06 bits per heavy atom. The Labute approximate surface area is 206 Å². The lowest BCUT2D eigenvalue weighted by molar-refractivity contribution is 0.0526. The number of esters is 1. The van der Waals surface area contributed by atoms with Crippen LogP contribution in [-0.4, -0.2) is 31.5 Å². The summed E-state index contributed by atoms with van der Waals surface area (Å²) in [5.74, 6) is -1.02. The van der Waals surface area contributed by atoms with Gasteiger partial charge in [0.2, 0.25) is 0 Å². The standard InChI is InChI=1S/C25H23N3O5S2/c1-4-33-24(30)17-11-14-21-22(15-17)34-25(28(21)3)26-23(29)19-7-5-6-8-20(19)27-35(31,32)18-12-9-16(2)10-13-18/h5-15,27H,4H2,1-3H3. The minimum atomic E-state index is -3.90. The van der Waals surface area contributed by atoms with E-state index in [-0.39, 0.29) is 22.8 Å². The van der Waals surface area contributed by atoms with Crippen LogP contribution in [0.25, 0.3) is 10.2 Å². The van der Waals surface area contributed by atoms with Crippen LogP contribution in [0.3, 0.4) is 0 Å². The first-order valence-electron chi connectivity index (χ1n) is 10.7. The third-order valence-electron chi connectivity index (χ3n) is 5.25. The molecule has 0 radical (unpaired) electrons. The predicted octanol–water partition coefficient (Wildman–Crippen LogP) is 4.27. The number of hydrogen-bond donors (Lipinski definition) is 1. The highest BCUT2D eigenvalue weighted by Crippen LogP contribution is 2.22. The van der Waals surface area contributed by atoms with Gasteiger partial charge in [0.15, 0.2) is 4.80 Å². The summed E-state index contributed by atoms with van der Waals surface area (Å²) in [6, 6.07) is 17.9. The number of thiazole rings is 1. The summed E-state index contributed by atoms with van der Waals surface area (Å²) in [5, 5.41) is 0. The van der Waals surface area contributed by atoms with Crippen LogP contribution in [0.2, 0.25) is 0 Å². The maximum Gasteiger partial charge on any atom is 0.338 e. The number of hydrogen-bond acceptors (Lipinski definition) is 6. The first-order valence-corrected chi connectivity index (χ1v) is 13.0. The van der Waals surface area contributed by atoms with E-state index in [0.717, 1.165) is 15.8 Å². The van der Waals surface area contributed by atoms with Gasteiger partial charge in [0.05, 0.1) is 38.5 Å². The van der Waals surface area contributed by atoms with Crippen molar-refractivity contribution in [1.29, 1.82) is 0 Å². The molecule has 0 bridgehead atoms. The van der Waals surface area contributed by atoms with Crippen LogP contribution >= 0.6 is 11.3 Å². The SMILES string of the molecule is CCOC(=O)c1ccc2c(c1)sc(=NC(=O)c1ccccc1NS(=O)(=O)c1ccc(C)cc1)n2C. The normalized spacial score (nSPS) is 12.0. The Bertz CT molecular complexity index is 1600. The fourth-order valence-corrected chi connectivity index (χ4v) is 5.54. The molecule has 8 nitrogen and oxygen atoms in total. The highest BCUT2D eigenvalue weighted by atomic mass is 32.2. The maximum absolute atomic E-state index is 13.1. The first-order chi connectivity index (χ1) is 16.7. The van der Waals surface area contributed by atoms with Gasteiger partial charge in [-0.05, 0) is 56.3 Å². The van der Waals surface area contributed by atoms with Gasteiger partial charge in [0, 0.05) is 7.05 Å². The van der Waals surface area contributed by atoms with Crippen molar-refractivity contribution in [3.63, 3.8) is 0 Å². The predicted molar refractivity (Wildman–Crippen MR) is 135 cm³/mol. The molecule has 0 fully saturated rings. The molecule has 0 saturated heterocycles. The number of fused-ring (bicyclic) bond motifs is 1. The van der Waals surface area contributed by atoms with Crippen molar-refractivity contribution in [2.75, 3.05) is 11.3 Å². The van der Waals surface area contributed by atoms with Crippen molar-refractivity contribution in [2.24, 2.45) is 12.0 Å². The van der Waals surface area contributed by atoms with E-state index >= 15 is 0 Å². The Morgan fingerprint density at radius 3 is 2.49 bits per heavy atom. The molecule has 3 aromatic carbocycles. The number of carbonyl (C=O) groups excluding carboxylic acids is 2. The molecule has 0 unspecified atom stereocenters. The molecule has 35 heavy (non-hydrogen) atoms. The molecule has 0 spiro atoms. The summed E-state index contributed by atoms with van der Waals surface area (Å²) in [6.07, 6.45) is 0. The number of aromatic nitrogens is 1. The van der Waals surface area contributed by atoms with E-state index in [1.807, 2.05) is 6.92 Å². The van der Waals surface area contributed by atoms with Gasteiger partial charge in [-0.15, -0.1) is 0 Å². The van der Waals surface area contributed by atoms with E-state index in [9.17, 15) is 18.0 Å². The number of benzene rings is 3. The molecule has 1 heterocycles. The van der Waals surface area contributed by atoms with Gasteiger partial charge in [-0.3, -0.25) is 9.52 Å². The number of amides is 1. The molecule has 180 valence electrons. The van der Waals surface area contributed by atoms with Crippen LogP contribution in [0, 0.1) is 6.92 Å². The molecule has 1 N–H and O–H groups in total. The van der Waals surface area contributed by atoms with Crippen LogP contribution in [0.15, 0.2) is 76.6 Å². The minimum Gasteiger partial charge on any atom is -0.462 e. The molecule has 4 rings (SSSR count). The van der Waals surface area contributed by atoms with Gasteiger partial charge < -0.3 is 9.30 Å². The highest BCUT2D eigenvalue weighted by Gasteiger charge is 2.19. The summed E-state index contributed by atoms with van der Waals surface area (Å²) in [7, 11) is -2.13. The maximum atomic E-state index is 13.1. The number of carbonyl (C=O) groups is 2. The average Bonchev–Trinajstić information content (AvgIpc) is 3.14. The quantitative estimate of drug-likeness (QED) is 0.391. The Balaban J connectivity index is 1.69. The second-order valence-electron chi connectivity index (χ2n) is 7.73. The number of nitrogens with zero attached hydrogens (tertiary/aromatic N) is 2. The van der Waals surface area contributed by atoms with E-state index in [4.69, 9.17) is 4.74 Å². The Morgan fingerprint density at radius 2 is 1.77 bits per heavy atom. The fraction of sp³-hybridized carbons (Fsp3) is 0.160. The average molecular weight is 510 g/mol. The topological polar surface area (TPSA) is 107 Å². The fourth-order valence-electron chi connectivity index (χ4n) is 3.41. The largest absolute Gasteiger partial charge is 0.462 e. The number of sulfonamides is 1. The third-order valence-corrected chi connectivity index (χ3v) is 7.73. The monoisotopic (exact) mass is 509 g/mol. The lowest BCUT2D eigenvalue weighted by atomic mass is 10.2.